The maximum atomic E-state index is 12.5. The molecule has 0 aromatic heterocycles. The Balaban J connectivity index is 1.46. The van der Waals surface area contributed by atoms with Gasteiger partial charge >= 0.3 is 6.03 Å². The molecule has 4 amide bonds. The number of hydrogen-bond donors (Lipinski definition) is 2. The van der Waals surface area contributed by atoms with Gasteiger partial charge in [-0.1, -0.05) is 0 Å². The number of nitrogens with one attached hydrogen (secondary N) is 1. The lowest BCUT2D eigenvalue weighted by Gasteiger charge is -2.36. The largest absolute Gasteiger partial charge is 0.351 e. The Morgan fingerprint density at radius 2 is 1.80 bits per heavy atom. The van der Waals surface area contributed by atoms with Crippen LogP contribution in [0.5, 0.6) is 0 Å². The maximum Gasteiger partial charge on any atom is 0.315 e. The first-order valence-corrected chi connectivity index (χ1v) is 8.85. The highest BCUT2D eigenvalue weighted by molar-refractivity contribution is 5.91. The fourth-order valence-electron chi connectivity index (χ4n) is 3.84. The molecule has 3 aliphatic rings. The second-order valence-corrected chi connectivity index (χ2v) is 6.92. The van der Waals surface area contributed by atoms with Crippen LogP contribution in [0.15, 0.2) is 0 Å². The van der Waals surface area contributed by atoms with Crippen molar-refractivity contribution in [3.05, 3.63) is 0 Å². The number of urea groups is 1. The molecule has 3 aliphatic heterocycles. The van der Waals surface area contributed by atoms with Gasteiger partial charge in [0.05, 0.1) is 12.6 Å². The number of ketones is 1. The SMILES string of the molecule is NC(=O)N1CCCC1C(=O)CN1CCN(C(=O)C2CCC(=O)N2)CC1. The van der Waals surface area contributed by atoms with E-state index in [0.29, 0.717) is 52.0 Å². The molecule has 0 radical (unpaired) electrons. The van der Waals surface area contributed by atoms with Gasteiger partial charge in [-0.25, -0.2) is 4.79 Å². The molecule has 0 aliphatic carbocycles. The van der Waals surface area contributed by atoms with Crippen LogP contribution in [-0.2, 0) is 14.4 Å². The number of Topliss-reactive ketones (excluding diaryl/α,β-unsaturated/α-hetero) is 1. The first kappa shape index (κ1) is 17.7. The van der Waals surface area contributed by atoms with Crippen molar-refractivity contribution in [3.63, 3.8) is 0 Å². The number of nitrogens with two attached hydrogens (primary N) is 1. The van der Waals surface area contributed by atoms with Gasteiger partial charge in [-0.15, -0.1) is 0 Å². The Bertz CT molecular complexity index is 573. The van der Waals surface area contributed by atoms with Crippen molar-refractivity contribution in [3.8, 4) is 0 Å². The van der Waals surface area contributed by atoms with Crippen LogP contribution < -0.4 is 11.1 Å². The van der Waals surface area contributed by atoms with Crippen LogP contribution in [0.2, 0.25) is 0 Å². The van der Waals surface area contributed by atoms with E-state index in [4.69, 9.17) is 5.73 Å². The van der Waals surface area contributed by atoms with Crippen LogP contribution in [0.3, 0.4) is 0 Å². The first-order valence-electron chi connectivity index (χ1n) is 8.85. The summed E-state index contributed by atoms with van der Waals surface area (Å²) in [6.07, 6.45) is 2.43. The highest BCUT2D eigenvalue weighted by Gasteiger charge is 2.35. The van der Waals surface area contributed by atoms with Gasteiger partial charge in [0.1, 0.15) is 6.04 Å². The molecule has 3 heterocycles. The lowest BCUT2D eigenvalue weighted by Crippen LogP contribution is -2.55. The van der Waals surface area contributed by atoms with Gasteiger partial charge < -0.3 is 20.9 Å². The summed E-state index contributed by atoms with van der Waals surface area (Å²) in [5.74, 6) is -0.0928. The Labute approximate surface area is 146 Å². The Morgan fingerprint density at radius 1 is 1.08 bits per heavy atom. The van der Waals surface area contributed by atoms with E-state index in [2.05, 4.69) is 5.32 Å². The molecule has 0 aromatic carbocycles. The topological polar surface area (TPSA) is 116 Å². The monoisotopic (exact) mass is 351 g/mol. The molecule has 25 heavy (non-hydrogen) atoms. The van der Waals surface area contributed by atoms with E-state index < -0.39 is 18.1 Å². The molecule has 0 saturated carbocycles. The van der Waals surface area contributed by atoms with Gasteiger partial charge in [0.25, 0.3) is 0 Å². The number of likely N-dealkylation sites (tertiary alicyclic amines) is 1. The van der Waals surface area contributed by atoms with Gasteiger partial charge in [0, 0.05) is 39.1 Å². The summed E-state index contributed by atoms with van der Waals surface area (Å²) in [5.41, 5.74) is 5.33. The van der Waals surface area contributed by atoms with Crippen molar-refractivity contribution >= 4 is 23.6 Å². The zero-order valence-corrected chi connectivity index (χ0v) is 14.3. The zero-order chi connectivity index (χ0) is 18.0. The minimum atomic E-state index is -0.537. The number of rotatable bonds is 4. The molecule has 3 N–H and O–H groups in total. The predicted octanol–water partition coefficient (Wildman–Crippen LogP) is -1.48. The van der Waals surface area contributed by atoms with E-state index in [1.54, 1.807) is 4.90 Å². The smallest absolute Gasteiger partial charge is 0.315 e. The number of carbonyl (C=O) groups is 4. The van der Waals surface area contributed by atoms with Crippen LogP contribution >= 0.6 is 0 Å². The molecule has 2 unspecified atom stereocenters. The fraction of sp³-hybridized carbons (Fsp3) is 0.750. The van der Waals surface area contributed by atoms with E-state index in [9.17, 15) is 19.2 Å². The van der Waals surface area contributed by atoms with Gasteiger partial charge in [0.2, 0.25) is 11.8 Å². The van der Waals surface area contributed by atoms with Crippen molar-refractivity contribution < 1.29 is 19.2 Å². The molecule has 0 bridgehead atoms. The van der Waals surface area contributed by atoms with Crippen LogP contribution in [0.4, 0.5) is 4.79 Å². The number of hydrogen-bond acceptors (Lipinski definition) is 5. The zero-order valence-electron chi connectivity index (χ0n) is 14.3. The highest BCUT2D eigenvalue weighted by Crippen LogP contribution is 2.18. The van der Waals surface area contributed by atoms with Crippen molar-refractivity contribution in [2.75, 3.05) is 39.3 Å². The molecular weight excluding hydrogens is 326 g/mol. The third-order valence-electron chi connectivity index (χ3n) is 5.26. The number of primary amides is 1. The lowest BCUT2D eigenvalue weighted by atomic mass is 10.1. The third-order valence-corrected chi connectivity index (χ3v) is 5.26. The number of nitrogens with zero attached hydrogens (tertiary/aromatic N) is 3. The fourth-order valence-corrected chi connectivity index (χ4v) is 3.84. The summed E-state index contributed by atoms with van der Waals surface area (Å²) in [5, 5.41) is 2.70. The van der Waals surface area contributed by atoms with Crippen LogP contribution in [0.1, 0.15) is 25.7 Å². The number of amides is 4. The third kappa shape index (κ3) is 3.92. The molecule has 2 atom stereocenters. The van der Waals surface area contributed by atoms with E-state index in [0.717, 1.165) is 6.42 Å². The molecule has 3 rings (SSSR count). The second-order valence-electron chi connectivity index (χ2n) is 6.92. The van der Waals surface area contributed by atoms with E-state index in [1.165, 1.54) is 4.90 Å². The molecule has 3 fully saturated rings. The number of piperazine rings is 1. The van der Waals surface area contributed by atoms with Crippen LogP contribution in [-0.4, -0.2) is 89.7 Å². The highest BCUT2D eigenvalue weighted by atomic mass is 16.2. The van der Waals surface area contributed by atoms with Crippen molar-refractivity contribution in [2.24, 2.45) is 5.73 Å². The summed E-state index contributed by atoms with van der Waals surface area (Å²) < 4.78 is 0. The molecule has 9 heteroatoms. The van der Waals surface area contributed by atoms with Crippen molar-refractivity contribution in [2.45, 2.75) is 37.8 Å². The van der Waals surface area contributed by atoms with Crippen molar-refractivity contribution in [1.82, 2.24) is 20.0 Å². The molecule has 138 valence electrons. The average Bonchev–Trinajstić information content (AvgIpc) is 3.24. The molecule has 3 saturated heterocycles. The number of carbonyl (C=O) groups excluding carboxylic acids is 4. The quantitative estimate of drug-likeness (QED) is 0.641. The summed E-state index contributed by atoms with van der Waals surface area (Å²) in [4.78, 5) is 52.7. The Kier molecular flexibility index (Phi) is 5.22. The summed E-state index contributed by atoms with van der Waals surface area (Å²) >= 11 is 0. The van der Waals surface area contributed by atoms with Gasteiger partial charge in [0.15, 0.2) is 5.78 Å². The van der Waals surface area contributed by atoms with Crippen LogP contribution in [0.25, 0.3) is 0 Å². The summed E-state index contributed by atoms with van der Waals surface area (Å²) in [6.45, 7) is 3.13. The van der Waals surface area contributed by atoms with Gasteiger partial charge in [-0.3, -0.25) is 19.3 Å². The molecule has 9 nitrogen and oxygen atoms in total. The Morgan fingerprint density at radius 3 is 2.40 bits per heavy atom. The average molecular weight is 351 g/mol. The van der Waals surface area contributed by atoms with Gasteiger partial charge in [-0.05, 0) is 19.3 Å². The predicted molar refractivity (Wildman–Crippen MR) is 88.5 cm³/mol. The lowest BCUT2D eigenvalue weighted by molar-refractivity contribution is -0.136. The molecule has 0 spiro atoms. The van der Waals surface area contributed by atoms with Gasteiger partial charge in [-0.2, -0.15) is 0 Å². The minimum absolute atomic E-state index is 0.0131. The summed E-state index contributed by atoms with van der Waals surface area (Å²) in [7, 11) is 0. The minimum Gasteiger partial charge on any atom is -0.351 e. The second kappa shape index (κ2) is 7.38. The van der Waals surface area contributed by atoms with Crippen molar-refractivity contribution in [1.29, 1.82) is 0 Å². The summed E-state index contributed by atoms with van der Waals surface area (Å²) in [6, 6.07) is -1.35. The van der Waals surface area contributed by atoms with E-state index in [1.807, 2.05) is 4.90 Å². The van der Waals surface area contributed by atoms with E-state index in [-0.39, 0.29) is 24.1 Å². The van der Waals surface area contributed by atoms with Crippen LogP contribution in [0, 0.1) is 0 Å². The first-order chi connectivity index (χ1) is 12.0. The molecular formula is C16H25N5O4. The normalized spacial score (nSPS) is 27.4. The molecule has 0 aromatic rings. The van der Waals surface area contributed by atoms with E-state index >= 15 is 0 Å². The Hall–Kier alpha value is -2.16. The standard InChI is InChI=1S/C16H25N5O4/c17-16(25)21-5-1-2-12(21)13(22)10-19-6-8-20(9-7-19)15(24)11-3-4-14(23)18-11/h11-12H,1-10H2,(H2,17,25)(H,18,23). The maximum absolute atomic E-state index is 12.5.